The van der Waals surface area contributed by atoms with Crippen molar-refractivity contribution >= 4 is 27.8 Å². The number of hydrogen-bond acceptors (Lipinski definition) is 1. The summed E-state index contributed by atoms with van der Waals surface area (Å²) in [6, 6.07) is 77.4. The van der Waals surface area contributed by atoms with Crippen LogP contribution < -0.4 is 4.90 Å². The smallest absolute Gasteiger partial charge is 0.0468 e. The fourth-order valence-corrected chi connectivity index (χ4v) is 8.84. The predicted molar refractivity (Wildman–Crippen MR) is 238 cm³/mol. The first-order valence-corrected chi connectivity index (χ1v) is 19.5. The normalized spacial score (nSPS) is 12.6. The molecular weight excluding hydrogens is 675 g/mol. The van der Waals surface area contributed by atoms with Crippen LogP contribution >= 0.6 is 0 Å². The average molecular weight is 716 g/mol. The van der Waals surface area contributed by atoms with Crippen molar-refractivity contribution in [2.75, 3.05) is 4.90 Å². The van der Waals surface area contributed by atoms with Gasteiger partial charge in [0.15, 0.2) is 0 Å². The van der Waals surface area contributed by atoms with Gasteiger partial charge in [0.2, 0.25) is 0 Å². The minimum Gasteiger partial charge on any atom is -0.310 e. The van der Waals surface area contributed by atoms with Crippen molar-refractivity contribution in [2.45, 2.75) is 19.3 Å². The molecule has 0 spiro atoms. The van der Waals surface area contributed by atoms with Crippen molar-refractivity contribution < 1.29 is 0 Å². The van der Waals surface area contributed by atoms with Crippen LogP contribution in [0.1, 0.15) is 25.0 Å². The molecule has 1 nitrogen and oxygen atoms in total. The first-order chi connectivity index (χ1) is 27.5. The summed E-state index contributed by atoms with van der Waals surface area (Å²) in [4.78, 5) is 2.36. The Balaban J connectivity index is 1.05. The van der Waals surface area contributed by atoms with Crippen LogP contribution in [0, 0.1) is 0 Å². The molecule has 0 aromatic heterocycles. The van der Waals surface area contributed by atoms with Crippen LogP contribution in [-0.4, -0.2) is 0 Å². The van der Waals surface area contributed by atoms with Crippen LogP contribution in [0.2, 0.25) is 0 Å². The second-order valence-corrected chi connectivity index (χ2v) is 15.4. The van der Waals surface area contributed by atoms with E-state index in [1.165, 1.54) is 77.5 Å². The Morgan fingerprint density at radius 1 is 0.321 bits per heavy atom. The summed E-state index contributed by atoms with van der Waals surface area (Å²) in [5.41, 5.74) is 18.5. The van der Waals surface area contributed by atoms with E-state index >= 15 is 0 Å². The molecule has 1 heteroatoms. The van der Waals surface area contributed by atoms with E-state index < -0.39 is 0 Å². The van der Waals surface area contributed by atoms with Gasteiger partial charge in [-0.25, -0.2) is 0 Å². The summed E-state index contributed by atoms with van der Waals surface area (Å²) in [5.74, 6) is 0. The van der Waals surface area contributed by atoms with Crippen LogP contribution in [0.15, 0.2) is 212 Å². The molecule has 0 aliphatic heterocycles. The Labute approximate surface area is 329 Å². The predicted octanol–water partition coefficient (Wildman–Crippen LogP) is 15.3. The number of nitrogens with zero attached hydrogens (tertiary/aromatic N) is 1. The Bertz CT molecular complexity index is 2840. The summed E-state index contributed by atoms with van der Waals surface area (Å²) >= 11 is 0. The SMILES string of the molecule is CC1(C)c2cc(-c3ccc(N(c4ccc(-c5ccccc5)cc4)c4ccc5ccccc5c4)cc3)ccc2-c2c(-c3ccccc3)ccc(-c3ccccc3)c21. The maximum absolute atomic E-state index is 2.44. The summed E-state index contributed by atoms with van der Waals surface area (Å²) in [6.45, 7) is 4.80. The lowest BCUT2D eigenvalue weighted by molar-refractivity contribution is 0.662. The van der Waals surface area contributed by atoms with E-state index in [-0.39, 0.29) is 5.41 Å². The molecule has 0 radical (unpaired) electrons. The molecule has 266 valence electrons. The summed E-state index contributed by atoms with van der Waals surface area (Å²) in [7, 11) is 0. The van der Waals surface area contributed by atoms with Gasteiger partial charge in [0.05, 0.1) is 0 Å². The first-order valence-electron chi connectivity index (χ1n) is 19.5. The van der Waals surface area contributed by atoms with E-state index in [1.807, 2.05) is 0 Å². The molecule has 0 N–H and O–H groups in total. The lowest BCUT2D eigenvalue weighted by Crippen LogP contribution is -2.16. The molecule has 0 saturated carbocycles. The molecule has 1 aliphatic rings. The fourth-order valence-electron chi connectivity index (χ4n) is 8.84. The number of anilines is 3. The molecule has 0 saturated heterocycles. The Morgan fingerprint density at radius 2 is 0.768 bits per heavy atom. The zero-order valence-corrected chi connectivity index (χ0v) is 31.7. The quantitative estimate of drug-likeness (QED) is 0.159. The maximum atomic E-state index is 2.44. The number of rotatable bonds is 7. The molecule has 1 aliphatic carbocycles. The van der Waals surface area contributed by atoms with Crippen LogP contribution in [0.5, 0.6) is 0 Å². The fraction of sp³-hybridized carbons (Fsp3) is 0.0545. The van der Waals surface area contributed by atoms with Crippen LogP contribution in [0.4, 0.5) is 17.1 Å². The van der Waals surface area contributed by atoms with E-state index in [4.69, 9.17) is 0 Å². The topological polar surface area (TPSA) is 3.24 Å². The van der Waals surface area contributed by atoms with Gasteiger partial charge in [-0.15, -0.1) is 0 Å². The third kappa shape index (κ3) is 5.81. The van der Waals surface area contributed by atoms with Crippen molar-refractivity contribution in [1.82, 2.24) is 0 Å². The average Bonchev–Trinajstić information content (AvgIpc) is 3.50. The maximum Gasteiger partial charge on any atom is 0.0468 e. The van der Waals surface area contributed by atoms with Crippen LogP contribution in [0.3, 0.4) is 0 Å². The van der Waals surface area contributed by atoms with Gasteiger partial charge in [-0.3, -0.25) is 0 Å². The molecule has 0 bridgehead atoms. The van der Waals surface area contributed by atoms with Crippen molar-refractivity contribution in [3.8, 4) is 55.6 Å². The second kappa shape index (κ2) is 13.7. The molecule has 0 atom stereocenters. The van der Waals surface area contributed by atoms with Gasteiger partial charge in [0.25, 0.3) is 0 Å². The zero-order chi connectivity index (χ0) is 37.6. The molecule has 10 rings (SSSR count). The van der Waals surface area contributed by atoms with Crippen molar-refractivity contribution in [2.24, 2.45) is 0 Å². The van der Waals surface area contributed by atoms with Gasteiger partial charge in [0.1, 0.15) is 0 Å². The van der Waals surface area contributed by atoms with Gasteiger partial charge < -0.3 is 4.90 Å². The minimum absolute atomic E-state index is 0.199. The summed E-state index contributed by atoms with van der Waals surface area (Å²) < 4.78 is 0. The molecular formula is C55H41N. The Morgan fingerprint density at radius 3 is 1.39 bits per heavy atom. The second-order valence-electron chi connectivity index (χ2n) is 15.4. The Kier molecular flexibility index (Phi) is 8.23. The third-order valence-electron chi connectivity index (χ3n) is 11.6. The number of hydrogen-bond donors (Lipinski definition) is 0. The number of benzene rings is 9. The van der Waals surface area contributed by atoms with Gasteiger partial charge in [-0.05, 0) is 120 Å². The highest BCUT2D eigenvalue weighted by molar-refractivity contribution is 5.98. The molecule has 0 fully saturated rings. The molecule has 0 unspecified atom stereocenters. The van der Waals surface area contributed by atoms with Gasteiger partial charge >= 0.3 is 0 Å². The highest BCUT2D eigenvalue weighted by Gasteiger charge is 2.39. The lowest BCUT2D eigenvalue weighted by atomic mass is 9.77. The first kappa shape index (κ1) is 33.6. The van der Waals surface area contributed by atoms with Crippen molar-refractivity contribution in [1.29, 1.82) is 0 Å². The van der Waals surface area contributed by atoms with Crippen LogP contribution in [-0.2, 0) is 5.41 Å². The third-order valence-corrected chi connectivity index (χ3v) is 11.6. The molecule has 0 heterocycles. The molecule has 0 amide bonds. The van der Waals surface area contributed by atoms with Crippen molar-refractivity contribution in [3.63, 3.8) is 0 Å². The van der Waals surface area contributed by atoms with Crippen molar-refractivity contribution in [3.05, 3.63) is 223 Å². The monoisotopic (exact) mass is 715 g/mol. The zero-order valence-electron chi connectivity index (χ0n) is 31.7. The Hall–Kier alpha value is -6.96. The molecule has 56 heavy (non-hydrogen) atoms. The largest absolute Gasteiger partial charge is 0.310 e. The molecule has 9 aromatic carbocycles. The van der Waals surface area contributed by atoms with Crippen LogP contribution in [0.25, 0.3) is 66.4 Å². The van der Waals surface area contributed by atoms with E-state index in [2.05, 4.69) is 231 Å². The van der Waals surface area contributed by atoms with Gasteiger partial charge in [-0.1, -0.05) is 184 Å². The highest BCUT2D eigenvalue weighted by atomic mass is 15.1. The molecule has 9 aromatic rings. The highest BCUT2D eigenvalue weighted by Crippen LogP contribution is 2.56. The van der Waals surface area contributed by atoms with E-state index in [0.717, 1.165) is 17.1 Å². The summed E-state index contributed by atoms with van der Waals surface area (Å²) in [5, 5.41) is 2.46. The minimum atomic E-state index is -0.199. The van der Waals surface area contributed by atoms with Gasteiger partial charge in [-0.2, -0.15) is 0 Å². The number of fused-ring (bicyclic) bond motifs is 4. The standard InChI is InChI=1S/C55H41N/c1-55(2)52-37-45(27-33-51(52)53-49(42-17-8-4-9-18-42)34-35-50(54(53)55)43-19-10-5-11-20-43)41-24-30-47(31-25-41)56(48-32-26-39-16-12-13-21-44(39)36-48)46-28-22-40(23-29-46)38-14-6-3-7-15-38/h3-37H,1-2H3. The van der Waals surface area contributed by atoms with E-state index in [0.29, 0.717) is 0 Å². The van der Waals surface area contributed by atoms with E-state index in [9.17, 15) is 0 Å². The van der Waals surface area contributed by atoms with E-state index in [1.54, 1.807) is 0 Å². The lowest BCUT2D eigenvalue weighted by Gasteiger charge is -2.26. The summed E-state index contributed by atoms with van der Waals surface area (Å²) in [6.07, 6.45) is 0. The van der Waals surface area contributed by atoms with Gasteiger partial charge in [0, 0.05) is 22.5 Å².